The van der Waals surface area contributed by atoms with Crippen molar-refractivity contribution in [2.45, 2.75) is 31.6 Å². The minimum atomic E-state index is 0.619. The van der Waals surface area contributed by atoms with E-state index < -0.39 is 0 Å². The van der Waals surface area contributed by atoms with Crippen molar-refractivity contribution in [3.63, 3.8) is 0 Å². The van der Waals surface area contributed by atoms with Crippen LogP contribution < -0.4 is 0 Å². The molecule has 0 unspecified atom stereocenters. The molecule has 5 nitrogen and oxygen atoms in total. The Morgan fingerprint density at radius 3 is 2.88 bits per heavy atom. The first-order valence-corrected chi connectivity index (χ1v) is 6.81. The molecule has 0 amide bonds. The van der Waals surface area contributed by atoms with E-state index in [1.165, 1.54) is 19.3 Å². The van der Waals surface area contributed by atoms with Gasteiger partial charge < -0.3 is 4.52 Å². The highest BCUT2D eigenvalue weighted by Crippen LogP contribution is 2.35. The third-order valence-electron chi connectivity index (χ3n) is 3.18. The molecule has 90 valence electrons. The second-order valence-electron chi connectivity index (χ2n) is 4.45. The van der Waals surface area contributed by atoms with Gasteiger partial charge in [0.1, 0.15) is 15.2 Å². The zero-order chi connectivity index (χ0) is 11.8. The van der Waals surface area contributed by atoms with Crippen molar-refractivity contribution < 1.29 is 4.52 Å². The van der Waals surface area contributed by atoms with Crippen LogP contribution in [0.15, 0.2) is 10.6 Å². The molecule has 2 aromatic heterocycles. The molecule has 1 saturated carbocycles. The van der Waals surface area contributed by atoms with Gasteiger partial charge in [-0.2, -0.15) is 9.90 Å². The van der Waals surface area contributed by atoms with Crippen LogP contribution in [0.4, 0.5) is 0 Å². The van der Waals surface area contributed by atoms with E-state index in [9.17, 15) is 0 Å². The standard InChI is InChI=1S/C11H13IN4O/c1-16-13-10(11(12)14-16)6-8-5-9(15-17-8)7-3-2-4-7/h5,7H,2-4,6H2,1H3. The minimum Gasteiger partial charge on any atom is -0.361 e. The number of hydrogen-bond acceptors (Lipinski definition) is 4. The molecule has 0 aliphatic heterocycles. The summed E-state index contributed by atoms with van der Waals surface area (Å²) in [5.41, 5.74) is 2.05. The van der Waals surface area contributed by atoms with Gasteiger partial charge in [-0.3, -0.25) is 0 Å². The molecule has 6 heteroatoms. The SMILES string of the molecule is Cn1nc(I)c(Cc2cc(C3CCC3)no2)n1. The van der Waals surface area contributed by atoms with Crippen LogP contribution in [-0.4, -0.2) is 20.2 Å². The average molecular weight is 344 g/mol. The van der Waals surface area contributed by atoms with E-state index in [4.69, 9.17) is 4.52 Å². The molecule has 0 bridgehead atoms. The highest BCUT2D eigenvalue weighted by molar-refractivity contribution is 14.1. The lowest BCUT2D eigenvalue weighted by Crippen LogP contribution is -2.08. The summed E-state index contributed by atoms with van der Waals surface area (Å²) in [6.07, 6.45) is 4.48. The lowest BCUT2D eigenvalue weighted by Gasteiger charge is -2.22. The maximum Gasteiger partial charge on any atom is 0.147 e. The first-order chi connectivity index (χ1) is 8.22. The Kier molecular flexibility index (Phi) is 2.89. The van der Waals surface area contributed by atoms with Crippen LogP contribution in [-0.2, 0) is 13.5 Å². The number of aromatic nitrogens is 4. The topological polar surface area (TPSA) is 56.7 Å². The average Bonchev–Trinajstić information content (AvgIpc) is 2.73. The lowest BCUT2D eigenvalue weighted by atomic mass is 9.83. The highest BCUT2D eigenvalue weighted by atomic mass is 127. The van der Waals surface area contributed by atoms with Gasteiger partial charge in [0.2, 0.25) is 0 Å². The quantitative estimate of drug-likeness (QED) is 0.802. The molecule has 17 heavy (non-hydrogen) atoms. The summed E-state index contributed by atoms with van der Waals surface area (Å²) in [6, 6.07) is 2.06. The van der Waals surface area contributed by atoms with Crippen LogP contribution in [0.3, 0.4) is 0 Å². The molecule has 0 saturated heterocycles. The predicted molar refractivity (Wildman–Crippen MR) is 69.6 cm³/mol. The van der Waals surface area contributed by atoms with Crippen LogP contribution in [0.1, 0.15) is 42.3 Å². The maximum atomic E-state index is 5.36. The predicted octanol–water partition coefficient (Wildman–Crippen LogP) is 2.27. The van der Waals surface area contributed by atoms with E-state index in [0.717, 1.165) is 20.8 Å². The first-order valence-electron chi connectivity index (χ1n) is 5.73. The van der Waals surface area contributed by atoms with Crippen molar-refractivity contribution >= 4 is 22.6 Å². The number of aryl methyl sites for hydroxylation is 1. The summed E-state index contributed by atoms with van der Waals surface area (Å²) < 4.78 is 6.28. The Morgan fingerprint density at radius 1 is 1.47 bits per heavy atom. The third-order valence-corrected chi connectivity index (χ3v) is 4.02. The van der Waals surface area contributed by atoms with Crippen molar-refractivity contribution in [3.05, 3.63) is 26.9 Å². The van der Waals surface area contributed by atoms with E-state index in [1.807, 2.05) is 7.05 Å². The molecule has 1 aliphatic carbocycles. The Hall–Kier alpha value is -0.920. The zero-order valence-electron chi connectivity index (χ0n) is 9.56. The Morgan fingerprint density at radius 2 is 2.29 bits per heavy atom. The molecule has 3 rings (SSSR count). The van der Waals surface area contributed by atoms with Gasteiger partial charge in [0.15, 0.2) is 0 Å². The highest BCUT2D eigenvalue weighted by Gasteiger charge is 2.23. The van der Waals surface area contributed by atoms with Crippen LogP contribution in [0.5, 0.6) is 0 Å². The first kappa shape index (κ1) is 11.2. The van der Waals surface area contributed by atoms with Crippen molar-refractivity contribution in [3.8, 4) is 0 Å². The maximum absolute atomic E-state index is 5.36. The molecule has 0 spiro atoms. The van der Waals surface area contributed by atoms with Gasteiger partial charge in [-0.1, -0.05) is 11.6 Å². The van der Waals surface area contributed by atoms with Gasteiger partial charge in [-0.15, -0.1) is 5.10 Å². The molecule has 1 fully saturated rings. The monoisotopic (exact) mass is 344 g/mol. The zero-order valence-corrected chi connectivity index (χ0v) is 11.7. The van der Waals surface area contributed by atoms with E-state index in [1.54, 1.807) is 4.80 Å². The summed E-state index contributed by atoms with van der Waals surface area (Å²) in [5, 5.41) is 12.6. The summed E-state index contributed by atoms with van der Waals surface area (Å²) in [4.78, 5) is 1.58. The van der Waals surface area contributed by atoms with Crippen molar-refractivity contribution in [2.24, 2.45) is 7.05 Å². The molecule has 2 heterocycles. The van der Waals surface area contributed by atoms with Gasteiger partial charge >= 0.3 is 0 Å². The number of hydrogen-bond donors (Lipinski definition) is 0. The number of halogens is 1. The lowest BCUT2D eigenvalue weighted by molar-refractivity contribution is 0.349. The van der Waals surface area contributed by atoms with Crippen LogP contribution in [0.2, 0.25) is 0 Å². The Bertz CT molecular complexity index is 529. The molecular weight excluding hydrogens is 331 g/mol. The number of nitrogens with zero attached hydrogens (tertiary/aromatic N) is 4. The molecule has 0 aromatic carbocycles. The van der Waals surface area contributed by atoms with E-state index in [2.05, 4.69) is 44.0 Å². The molecule has 0 radical (unpaired) electrons. The van der Waals surface area contributed by atoms with E-state index in [-0.39, 0.29) is 0 Å². The summed E-state index contributed by atoms with van der Waals surface area (Å²) in [5.74, 6) is 1.50. The molecular formula is C11H13IN4O. The smallest absolute Gasteiger partial charge is 0.147 e. The van der Waals surface area contributed by atoms with Gasteiger partial charge in [-0.05, 0) is 35.4 Å². The minimum absolute atomic E-state index is 0.619. The summed E-state index contributed by atoms with van der Waals surface area (Å²) in [7, 11) is 1.83. The molecule has 2 aromatic rings. The third kappa shape index (κ3) is 2.22. The summed E-state index contributed by atoms with van der Waals surface area (Å²) in [6.45, 7) is 0. The van der Waals surface area contributed by atoms with Crippen LogP contribution >= 0.6 is 22.6 Å². The van der Waals surface area contributed by atoms with Crippen LogP contribution in [0, 0.1) is 3.70 Å². The fraction of sp³-hybridized carbons (Fsp3) is 0.545. The largest absolute Gasteiger partial charge is 0.361 e. The Balaban J connectivity index is 1.76. The van der Waals surface area contributed by atoms with Crippen molar-refractivity contribution in [1.29, 1.82) is 0 Å². The van der Waals surface area contributed by atoms with Crippen LogP contribution in [0.25, 0.3) is 0 Å². The van der Waals surface area contributed by atoms with E-state index in [0.29, 0.717) is 12.3 Å². The second kappa shape index (κ2) is 4.40. The van der Waals surface area contributed by atoms with E-state index >= 15 is 0 Å². The van der Waals surface area contributed by atoms with Gasteiger partial charge in [0.25, 0.3) is 0 Å². The molecule has 0 N–H and O–H groups in total. The Labute approximate surface area is 113 Å². The van der Waals surface area contributed by atoms with Crippen molar-refractivity contribution in [1.82, 2.24) is 20.2 Å². The van der Waals surface area contributed by atoms with Gasteiger partial charge in [-0.25, -0.2) is 0 Å². The molecule has 0 atom stereocenters. The number of rotatable bonds is 3. The normalized spacial score (nSPS) is 16.1. The van der Waals surface area contributed by atoms with Crippen molar-refractivity contribution in [2.75, 3.05) is 0 Å². The van der Waals surface area contributed by atoms with Gasteiger partial charge in [0.05, 0.1) is 12.1 Å². The second-order valence-corrected chi connectivity index (χ2v) is 5.47. The molecule has 1 aliphatic rings. The fourth-order valence-corrected chi connectivity index (χ4v) is 2.62. The fourth-order valence-electron chi connectivity index (χ4n) is 2.01. The summed E-state index contributed by atoms with van der Waals surface area (Å²) >= 11 is 2.19. The van der Waals surface area contributed by atoms with Gasteiger partial charge in [0, 0.05) is 19.0 Å².